The Kier molecular flexibility index (Phi) is 7.34. The molecule has 1 saturated heterocycles. The number of carbonyl (C=O) groups is 1. The molecule has 6 rings (SSSR count). The number of rotatable bonds is 8. The molecule has 0 radical (unpaired) electrons. The van der Waals surface area contributed by atoms with Crippen molar-refractivity contribution in [1.82, 2.24) is 14.9 Å². The highest BCUT2D eigenvalue weighted by atomic mass is 16.7. The van der Waals surface area contributed by atoms with Crippen LogP contribution in [0.1, 0.15) is 12.5 Å². The van der Waals surface area contributed by atoms with Crippen LogP contribution in [0.25, 0.3) is 10.9 Å². The van der Waals surface area contributed by atoms with Gasteiger partial charge in [0.15, 0.2) is 23.0 Å². The predicted octanol–water partition coefficient (Wildman–Crippen LogP) is 4.40. The van der Waals surface area contributed by atoms with E-state index in [1.807, 2.05) is 42.5 Å². The van der Waals surface area contributed by atoms with Gasteiger partial charge in [-0.15, -0.1) is 0 Å². The molecule has 0 saturated carbocycles. The van der Waals surface area contributed by atoms with E-state index >= 15 is 0 Å². The van der Waals surface area contributed by atoms with Crippen molar-refractivity contribution in [3.8, 4) is 23.0 Å². The summed E-state index contributed by atoms with van der Waals surface area (Å²) >= 11 is 0. The van der Waals surface area contributed by atoms with E-state index in [2.05, 4.69) is 32.6 Å². The van der Waals surface area contributed by atoms with Gasteiger partial charge in [0.25, 0.3) is 0 Å². The van der Waals surface area contributed by atoms with Gasteiger partial charge in [0, 0.05) is 62.5 Å². The number of hydrogen-bond acceptors (Lipinski definition) is 10. The monoisotopic (exact) mass is 556 g/mol. The van der Waals surface area contributed by atoms with Crippen molar-refractivity contribution in [3.05, 3.63) is 60.2 Å². The van der Waals surface area contributed by atoms with E-state index in [1.54, 1.807) is 14.2 Å². The molecule has 0 spiro atoms. The van der Waals surface area contributed by atoms with Crippen molar-refractivity contribution in [3.63, 3.8) is 0 Å². The first-order valence-corrected chi connectivity index (χ1v) is 13.4. The molecule has 2 N–H and O–H groups in total. The predicted molar refractivity (Wildman–Crippen MR) is 157 cm³/mol. The number of ether oxygens (including phenoxy) is 4. The Balaban J connectivity index is 1.24. The van der Waals surface area contributed by atoms with Crippen LogP contribution in [0.2, 0.25) is 0 Å². The van der Waals surface area contributed by atoms with Gasteiger partial charge in [-0.1, -0.05) is 6.07 Å². The minimum atomic E-state index is -0.117. The molecule has 0 atom stereocenters. The van der Waals surface area contributed by atoms with Gasteiger partial charge in [0.05, 0.1) is 19.7 Å². The van der Waals surface area contributed by atoms with Gasteiger partial charge >= 0.3 is 0 Å². The molecule has 3 aromatic carbocycles. The molecule has 1 fully saturated rings. The molecule has 11 heteroatoms. The Labute approximate surface area is 238 Å². The molecule has 11 nitrogen and oxygen atoms in total. The first kappa shape index (κ1) is 26.5. The van der Waals surface area contributed by atoms with Crippen molar-refractivity contribution in [1.29, 1.82) is 0 Å². The third-order valence-electron chi connectivity index (χ3n) is 7.16. The molecule has 0 aliphatic carbocycles. The first-order chi connectivity index (χ1) is 20.0. The fraction of sp³-hybridized carbons (Fsp3) is 0.300. The molecule has 3 heterocycles. The molecule has 0 unspecified atom stereocenters. The van der Waals surface area contributed by atoms with Gasteiger partial charge in [-0.05, 0) is 48.0 Å². The quantitative estimate of drug-likeness (QED) is 0.324. The van der Waals surface area contributed by atoms with E-state index in [9.17, 15) is 4.79 Å². The number of amides is 1. The van der Waals surface area contributed by atoms with Crippen LogP contribution in [0.5, 0.6) is 23.0 Å². The summed E-state index contributed by atoms with van der Waals surface area (Å²) in [7, 11) is 3.22. The maximum absolute atomic E-state index is 11.4. The number of nitrogens with zero attached hydrogens (tertiary/aromatic N) is 4. The highest BCUT2D eigenvalue weighted by Crippen LogP contribution is 2.36. The number of piperazine rings is 1. The molecule has 2 aliphatic rings. The largest absolute Gasteiger partial charge is 0.493 e. The van der Waals surface area contributed by atoms with Crippen LogP contribution in [0, 0.1) is 0 Å². The number of hydrogen-bond donors (Lipinski definition) is 2. The van der Waals surface area contributed by atoms with E-state index < -0.39 is 0 Å². The van der Waals surface area contributed by atoms with Crippen LogP contribution in [-0.4, -0.2) is 68.0 Å². The van der Waals surface area contributed by atoms with E-state index in [1.165, 1.54) is 12.5 Å². The van der Waals surface area contributed by atoms with Crippen LogP contribution in [0.3, 0.4) is 0 Å². The zero-order valence-electron chi connectivity index (χ0n) is 23.3. The second-order valence-electron chi connectivity index (χ2n) is 9.93. The highest BCUT2D eigenvalue weighted by molar-refractivity contribution is 5.94. The van der Waals surface area contributed by atoms with Crippen molar-refractivity contribution >= 4 is 40.0 Å². The lowest BCUT2D eigenvalue weighted by molar-refractivity contribution is -0.114. The fourth-order valence-corrected chi connectivity index (χ4v) is 5.06. The highest BCUT2D eigenvalue weighted by Gasteiger charge is 2.23. The van der Waals surface area contributed by atoms with E-state index in [4.69, 9.17) is 28.9 Å². The van der Waals surface area contributed by atoms with Crippen molar-refractivity contribution in [2.24, 2.45) is 0 Å². The van der Waals surface area contributed by atoms with Crippen LogP contribution < -0.4 is 34.5 Å². The average molecular weight is 557 g/mol. The molecule has 41 heavy (non-hydrogen) atoms. The van der Waals surface area contributed by atoms with E-state index in [0.717, 1.165) is 66.5 Å². The smallest absolute Gasteiger partial charge is 0.231 e. The SMILES string of the molecule is COc1cc2nc(N3CCN(Cc4ccc5c(c4)OCO5)CC3)nc(Nc3ccc(NC(C)=O)cc3)c2cc1OC. The Bertz CT molecular complexity index is 1570. The standard InChI is InChI=1S/C30H32N6O5/c1-19(37)31-21-5-7-22(8-6-21)32-29-23-15-26(38-2)27(39-3)16-24(23)33-30(34-29)36-12-10-35(11-13-36)17-20-4-9-25-28(14-20)41-18-40-25/h4-9,14-16H,10-13,17-18H2,1-3H3,(H,31,37)(H,32,33,34). The number of fused-ring (bicyclic) bond motifs is 2. The van der Waals surface area contributed by atoms with Crippen molar-refractivity contribution in [2.75, 3.05) is 62.7 Å². The Morgan fingerprint density at radius 2 is 1.59 bits per heavy atom. The number of aromatic nitrogens is 2. The van der Waals surface area contributed by atoms with Crippen LogP contribution in [0.4, 0.5) is 23.1 Å². The second kappa shape index (κ2) is 11.4. The molecule has 212 valence electrons. The normalized spacial score (nSPS) is 14.7. The van der Waals surface area contributed by atoms with E-state index in [-0.39, 0.29) is 12.7 Å². The molecule has 1 amide bonds. The van der Waals surface area contributed by atoms with Crippen molar-refractivity contribution < 1.29 is 23.7 Å². The number of methoxy groups -OCH3 is 2. The summed E-state index contributed by atoms with van der Waals surface area (Å²) < 4.78 is 22.1. The summed E-state index contributed by atoms with van der Waals surface area (Å²) in [5, 5.41) is 7.03. The molecular formula is C30H32N6O5. The van der Waals surface area contributed by atoms with Crippen LogP contribution >= 0.6 is 0 Å². The molecular weight excluding hydrogens is 524 g/mol. The molecule has 4 aromatic rings. The number of benzene rings is 3. The lowest BCUT2D eigenvalue weighted by Crippen LogP contribution is -2.46. The second-order valence-corrected chi connectivity index (χ2v) is 9.93. The third kappa shape index (κ3) is 5.75. The zero-order chi connectivity index (χ0) is 28.3. The number of anilines is 4. The van der Waals surface area contributed by atoms with Crippen LogP contribution in [0.15, 0.2) is 54.6 Å². The number of nitrogens with one attached hydrogen (secondary N) is 2. The Morgan fingerprint density at radius 3 is 2.32 bits per heavy atom. The Morgan fingerprint density at radius 1 is 0.878 bits per heavy atom. The van der Waals surface area contributed by atoms with Gasteiger partial charge in [-0.2, -0.15) is 4.98 Å². The summed E-state index contributed by atoms with van der Waals surface area (Å²) in [6, 6.07) is 17.4. The van der Waals surface area contributed by atoms with Gasteiger partial charge in [-0.3, -0.25) is 9.69 Å². The fourth-order valence-electron chi connectivity index (χ4n) is 5.06. The van der Waals surface area contributed by atoms with Gasteiger partial charge in [0.1, 0.15) is 5.82 Å². The molecule has 0 bridgehead atoms. The summed E-state index contributed by atoms with van der Waals surface area (Å²) in [6.07, 6.45) is 0. The first-order valence-electron chi connectivity index (χ1n) is 13.4. The number of carbonyl (C=O) groups excluding carboxylic acids is 1. The average Bonchev–Trinajstić information content (AvgIpc) is 3.45. The lowest BCUT2D eigenvalue weighted by Gasteiger charge is -2.35. The maximum Gasteiger partial charge on any atom is 0.231 e. The summed E-state index contributed by atoms with van der Waals surface area (Å²) in [5.74, 6) is 3.98. The van der Waals surface area contributed by atoms with Gasteiger partial charge in [-0.25, -0.2) is 4.98 Å². The van der Waals surface area contributed by atoms with Gasteiger partial charge in [0.2, 0.25) is 18.6 Å². The lowest BCUT2D eigenvalue weighted by atomic mass is 10.1. The van der Waals surface area contributed by atoms with Crippen LogP contribution in [-0.2, 0) is 11.3 Å². The minimum absolute atomic E-state index is 0.117. The summed E-state index contributed by atoms with van der Waals surface area (Å²) in [4.78, 5) is 25.9. The van der Waals surface area contributed by atoms with Crippen molar-refractivity contribution in [2.45, 2.75) is 13.5 Å². The zero-order valence-corrected chi connectivity index (χ0v) is 23.3. The summed E-state index contributed by atoms with van der Waals surface area (Å²) in [6.45, 7) is 5.91. The molecule has 1 aromatic heterocycles. The topological polar surface area (TPSA) is 110 Å². The van der Waals surface area contributed by atoms with Gasteiger partial charge < -0.3 is 34.5 Å². The summed E-state index contributed by atoms with van der Waals surface area (Å²) in [5.41, 5.74) is 3.49. The Hall–Kier alpha value is -4.77. The third-order valence-corrected chi connectivity index (χ3v) is 7.16. The maximum atomic E-state index is 11.4. The molecule has 2 aliphatic heterocycles. The minimum Gasteiger partial charge on any atom is -0.493 e. The van der Waals surface area contributed by atoms with E-state index in [0.29, 0.717) is 23.3 Å².